The van der Waals surface area contributed by atoms with Crippen molar-refractivity contribution in [1.82, 2.24) is 9.88 Å². The maximum Gasteiger partial charge on any atom is 0.229 e. The van der Waals surface area contributed by atoms with Crippen LogP contribution >= 0.6 is 0 Å². The molecule has 1 aliphatic rings. The van der Waals surface area contributed by atoms with E-state index >= 15 is 0 Å². The van der Waals surface area contributed by atoms with Crippen LogP contribution in [-0.2, 0) is 16.1 Å². The molecule has 32 heavy (non-hydrogen) atoms. The molecule has 0 saturated carbocycles. The van der Waals surface area contributed by atoms with Gasteiger partial charge in [-0.1, -0.05) is 42.0 Å². The number of nitrogens with one attached hydrogen (secondary N) is 1. The number of hydrogen-bond donors (Lipinski definition) is 1. The fourth-order valence-electron chi connectivity index (χ4n) is 3.95. The Bertz CT molecular complexity index is 1240. The average Bonchev–Trinajstić information content (AvgIpc) is 3.39. The van der Waals surface area contributed by atoms with Crippen LogP contribution in [0.4, 0.5) is 5.69 Å². The van der Waals surface area contributed by atoms with Gasteiger partial charge in [0.15, 0.2) is 5.58 Å². The number of benzene rings is 3. The van der Waals surface area contributed by atoms with Crippen molar-refractivity contribution < 1.29 is 14.0 Å². The normalized spacial score (nSPS) is 16.0. The lowest BCUT2D eigenvalue weighted by Gasteiger charge is -2.17. The zero-order chi connectivity index (χ0) is 22.1. The van der Waals surface area contributed by atoms with Crippen LogP contribution in [0.1, 0.15) is 17.5 Å². The Kier molecular flexibility index (Phi) is 5.19. The molecule has 0 bridgehead atoms. The highest BCUT2D eigenvalue weighted by molar-refractivity contribution is 5.97. The van der Waals surface area contributed by atoms with Crippen molar-refractivity contribution >= 4 is 28.6 Å². The summed E-state index contributed by atoms with van der Waals surface area (Å²) < 4.78 is 5.79. The molecule has 2 amide bonds. The van der Waals surface area contributed by atoms with E-state index in [4.69, 9.17) is 4.42 Å². The van der Waals surface area contributed by atoms with Gasteiger partial charge >= 0.3 is 0 Å². The molecule has 1 saturated heterocycles. The summed E-state index contributed by atoms with van der Waals surface area (Å²) in [6.07, 6.45) is 0.235. The van der Waals surface area contributed by atoms with Crippen LogP contribution < -0.4 is 5.32 Å². The van der Waals surface area contributed by atoms with E-state index in [9.17, 15) is 9.59 Å². The summed E-state index contributed by atoms with van der Waals surface area (Å²) in [5.41, 5.74) is 5.31. The van der Waals surface area contributed by atoms with Gasteiger partial charge in [-0.25, -0.2) is 4.98 Å². The van der Waals surface area contributed by atoms with Gasteiger partial charge in [0.25, 0.3) is 0 Å². The van der Waals surface area contributed by atoms with E-state index in [1.807, 2.05) is 79.7 Å². The molecule has 1 atom stereocenters. The maximum atomic E-state index is 12.8. The van der Waals surface area contributed by atoms with E-state index in [1.54, 1.807) is 4.90 Å². The van der Waals surface area contributed by atoms with E-state index in [0.29, 0.717) is 24.7 Å². The molecule has 6 heteroatoms. The van der Waals surface area contributed by atoms with Gasteiger partial charge in [-0.15, -0.1) is 0 Å². The SMILES string of the molecule is Cc1ccc(CN2CC(C(=O)Nc3ccc(-c4nc5ccccc5o4)cc3)CC2=O)cc1. The molecule has 1 aliphatic heterocycles. The number of amides is 2. The maximum absolute atomic E-state index is 12.8. The van der Waals surface area contributed by atoms with Crippen molar-refractivity contribution in [1.29, 1.82) is 0 Å². The smallest absolute Gasteiger partial charge is 0.229 e. The fraction of sp³-hybridized carbons (Fsp3) is 0.192. The number of anilines is 1. The molecule has 4 aromatic rings. The number of aromatic nitrogens is 1. The van der Waals surface area contributed by atoms with Gasteiger partial charge in [-0.05, 0) is 48.9 Å². The van der Waals surface area contributed by atoms with Crippen molar-refractivity contribution in [2.75, 3.05) is 11.9 Å². The average molecular weight is 425 g/mol. The summed E-state index contributed by atoms with van der Waals surface area (Å²) in [6.45, 7) is 2.99. The zero-order valence-corrected chi connectivity index (χ0v) is 17.7. The highest BCUT2D eigenvalue weighted by atomic mass is 16.3. The van der Waals surface area contributed by atoms with E-state index in [0.717, 1.165) is 22.2 Å². The first-order chi connectivity index (χ1) is 15.5. The molecule has 0 aliphatic carbocycles. The third-order valence-corrected chi connectivity index (χ3v) is 5.77. The minimum atomic E-state index is -0.357. The Balaban J connectivity index is 1.22. The Morgan fingerprint density at radius 2 is 1.81 bits per heavy atom. The van der Waals surface area contributed by atoms with E-state index < -0.39 is 0 Å². The van der Waals surface area contributed by atoms with Gasteiger partial charge in [0, 0.05) is 30.8 Å². The van der Waals surface area contributed by atoms with Gasteiger partial charge in [0.2, 0.25) is 17.7 Å². The molecule has 1 aromatic heterocycles. The third kappa shape index (κ3) is 4.12. The van der Waals surface area contributed by atoms with Gasteiger partial charge < -0.3 is 14.6 Å². The molecule has 1 unspecified atom stereocenters. The minimum Gasteiger partial charge on any atom is -0.436 e. The van der Waals surface area contributed by atoms with Gasteiger partial charge in [0.1, 0.15) is 5.52 Å². The molecule has 6 nitrogen and oxygen atoms in total. The molecule has 2 heterocycles. The standard InChI is InChI=1S/C26H23N3O3/c1-17-6-8-18(9-7-17)15-29-16-20(14-24(29)30)25(31)27-21-12-10-19(11-13-21)26-28-22-4-2-3-5-23(22)32-26/h2-13,20H,14-16H2,1H3,(H,27,31). The van der Waals surface area contributed by atoms with Crippen LogP contribution in [0.2, 0.25) is 0 Å². The molecule has 5 rings (SSSR count). The first-order valence-electron chi connectivity index (χ1n) is 10.7. The van der Waals surface area contributed by atoms with Crippen LogP contribution in [0.15, 0.2) is 77.2 Å². The Morgan fingerprint density at radius 3 is 2.56 bits per heavy atom. The lowest BCUT2D eigenvalue weighted by Crippen LogP contribution is -2.28. The number of likely N-dealkylation sites (tertiary alicyclic amines) is 1. The molecule has 1 fully saturated rings. The molecule has 1 N–H and O–H groups in total. The molecule has 3 aromatic carbocycles. The van der Waals surface area contributed by atoms with E-state index in [-0.39, 0.29) is 24.2 Å². The van der Waals surface area contributed by atoms with Crippen molar-refractivity contribution in [2.24, 2.45) is 5.92 Å². The van der Waals surface area contributed by atoms with Crippen molar-refractivity contribution in [3.8, 4) is 11.5 Å². The topological polar surface area (TPSA) is 75.4 Å². The Hall–Kier alpha value is -3.93. The van der Waals surface area contributed by atoms with Crippen LogP contribution in [0.5, 0.6) is 0 Å². The third-order valence-electron chi connectivity index (χ3n) is 5.77. The number of rotatable bonds is 5. The number of fused-ring (bicyclic) bond motifs is 1. The molecular formula is C26H23N3O3. The number of para-hydroxylation sites is 2. The summed E-state index contributed by atoms with van der Waals surface area (Å²) in [5.74, 6) is 0.0540. The van der Waals surface area contributed by atoms with Crippen LogP contribution in [-0.4, -0.2) is 28.2 Å². The number of carbonyl (C=O) groups is 2. The van der Waals surface area contributed by atoms with Crippen LogP contribution in [0, 0.1) is 12.8 Å². The summed E-state index contributed by atoms with van der Waals surface area (Å²) in [4.78, 5) is 31.4. The highest BCUT2D eigenvalue weighted by Crippen LogP contribution is 2.26. The predicted octanol–water partition coefficient (Wildman–Crippen LogP) is 4.79. The zero-order valence-electron chi connectivity index (χ0n) is 17.7. The van der Waals surface area contributed by atoms with Crippen molar-refractivity contribution in [3.05, 3.63) is 83.9 Å². The number of oxazole rings is 1. The van der Waals surface area contributed by atoms with Gasteiger partial charge in [-0.3, -0.25) is 9.59 Å². The first-order valence-corrected chi connectivity index (χ1v) is 10.7. The lowest BCUT2D eigenvalue weighted by molar-refractivity contribution is -0.128. The van der Waals surface area contributed by atoms with Crippen molar-refractivity contribution in [2.45, 2.75) is 19.9 Å². The van der Waals surface area contributed by atoms with E-state index in [1.165, 1.54) is 5.56 Å². The predicted molar refractivity (Wildman–Crippen MR) is 123 cm³/mol. The Labute approximate surface area is 185 Å². The molecule has 0 spiro atoms. The van der Waals surface area contributed by atoms with Gasteiger partial charge in [0.05, 0.1) is 5.92 Å². The molecule has 160 valence electrons. The second-order valence-corrected chi connectivity index (χ2v) is 8.21. The minimum absolute atomic E-state index is 0.0111. The Morgan fingerprint density at radius 1 is 1.06 bits per heavy atom. The fourth-order valence-corrected chi connectivity index (χ4v) is 3.95. The first kappa shape index (κ1) is 20.0. The number of carbonyl (C=O) groups excluding carboxylic acids is 2. The monoisotopic (exact) mass is 425 g/mol. The largest absolute Gasteiger partial charge is 0.436 e. The second kappa shape index (κ2) is 8.30. The summed E-state index contributed by atoms with van der Waals surface area (Å²) >= 11 is 0. The highest BCUT2D eigenvalue weighted by Gasteiger charge is 2.34. The second-order valence-electron chi connectivity index (χ2n) is 8.21. The number of aryl methyl sites for hydroxylation is 1. The number of nitrogens with zero attached hydrogens (tertiary/aromatic N) is 2. The van der Waals surface area contributed by atoms with Crippen molar-refractivity contribution in [3.63, 3.8) is 0 Å². The van der Waals surface area contributed by atoms with Crippen LogP contribution in [0.3, 0.4) is 0 Å². The summed E-state index contributed by atoms with van der Waals surface area (Å²) in [7, 11) is 0. The molecular weight excluding hydrogens is 402 g/mol. The van der Waals surface area contributed by atoms with E-state index in [2.05, 4.69) is 10.3 Å². The quantitative estimate of drug-likeness (QED) is 0.499. The molecule has 0 radical (unpaired) electrons. The number of hydrogen-bond acceptors (Lipinski definition) is 4. The summed E-state index contributed by atoms with van der Waals surface area (Å²) in [6, 6.07) is 23.1. The van der Waals surface area contributed by atoms with Gasteiger partial charge in [-0.2, -0.15) is 0 Å². The summed E-state index contributed by atoms with van der Waals surface area (Å²) in [5, 5.41) is 2.93. The lowest BCUT2D eigenvalue weighted by atomic mass is 10.1. The van der Waals surface area contributed by atoms with Crippen LogP contribution in [0.25, 0.3) is 22.6 Å².